The van der Waals surface area contributed by atoms with Gasteiger partial charge < -0.3 is 14.7 Å². The maximum Gasteiger partial charge on any atom is 0.416 e. The second-order valence-electron chi connectivity index (χ2n) is 14.4. The summed E-state index contributed by atoms with van der Waals surface area (Å²) in [7, 11) is 1.57. The standard InChI is InChI=1S/C36H46ClF4N3O4/c1-48-29-9-2-24(3-10-29)31-21-44(27-5-7-28(45)8-6-27)22-35(31,38)34(47)43-18-12-23(13-19-43)30-11-4-26(36(39,40)41)20-32(30)42-16-14-25(15-17-42)33(37)46/h2-4,9-11,20,23,25,27-28,30-32,45H,5-8,12-19,21-22H2,1H3/t27?,28?,30?,31-,32?,35-/m0/s1. The third-order valence-corrected chi connectivity index (χ3v) is 12.0. The van der Waals surface area contributed by atoms with E-state index in [-0.39, 0.29) is 36.4 Å². The topological polar surface area (TPSA) is 73.3 Å². The molecule has 6 rings (SSSR count). The fourth-order valence-corrected chi connectivity index (χ4v) is 9.02. The summed E-state index contributed by atoms with van der Waals surface area (Å²) in [6, 6.07) is 6.84. The average molecular weight is 696 g/mol. The summed E-state index contributed by atoms with van der Waals surface area (Å²) in [5.41, 5.74) is -2.07. The van der Waals surface area contributed by atoms with Crippen LogP contribution in [0.3, 0.4) is 0 Å². The minimum atomic E-state index is -4.47. The third-order valence-electron chi connectivity index (χ3n) is 11.7. The van der Waals surface area contributed by atoms with Gasteiger partial charge in [0.2, 0.25) is 10.9 Å². The van der Waals surface area contributed by atoms with Gasteiger partial charge in [-0.15, -0.1) is 0 Å². The molecule has 4 atom stereocenters. The number of hydrogen-bond donors (Lipinski definition) is 1. The SMILES string of the molecule is COc1ccc([C@@H]2CN(C3CCC(O)CC3)C[C@@]2(F)C(=O)N2CCC(C3C=CC(C(F)(F)F)=CC3N3CCC(C(=O)Cl)CC3)CC2)cc1. The Bertz CT molecular complexity index is 1370. The van der Waals surface area contributed by atoms with Crippen molar-refractivity contribution in [1.29, 1.82) is 0 Å². The summed E-state index contributed by atoms with van der Waals surface area (Å²) in [5, 5.41) is 9.65. The zero-order valence-corrected chi connectivity index (χ0v) is 28.1. The average Bonchev–Trinajstić information content (AvgIpc) is 3.46. The second kappa shape index (κ2) is 14.4. The zero-order valence-electron chi connectivity index (χ0n) is 27.4. The lowest BCUT2D eigenvalue weighted by Crippen LogP contribution is -2.54. The lowest BCUT2D eigenvalue weighted by Gasteiger charge is -2.45. The van der Waals surface area contributed by atoms with Crippen molar-refractivity contribution in [3.05, 3.63) is 53.6 Å². The van der Waals surface area contributed by atoms with Gasteiger partial charge in [-0.2, -0.15) is 13.2 Å². The van der Waals surface area contributed by atoms with Gasteiger partial charge in [-0.05, 0) is 106 Å². The molecule has 0 aromatic heterocycles. The van der Waals surface area contributed by atoms with Crippen molar-refractivity contribution in [3.63, 3.8) is 0 Å². The summed E-state index contributed by atoms with van der Waals surface area (Å²) in [4.78, 5) is 31.7. The van der Waals surface area contributed by atoms with Crippen LogP contribution in [-0.2, 0) is 9.59 Å². The van der Waals surface area contributed by atoms with E-state index < -0.39 is 40.5 Å². The number of hydrogen-bond acceptors (Lipinski definition) is 6. The predicted molar refractivity (Wildman–Crippen MR) is 174 cm³/mol. The van der Waals surface area contributed by atoms with Crippen LogP contribution < -0.4 is 4.74 Å². The van der Waals surface area contributed by atoms with Crippen LogP contribution in [0.5, 0.6) is 5.75 Å². The number of benzene rings is 1. The number of methoxy groups -OCH3 is 1. The highest BCUT2D eigenvalue weighted by Gasteiger charge is 2.56. The maximum absolute atomic E-state index is 17.4. The number of nitrogens with zero attached hydrogens (tertiary/aromatic N) is 3. The van der Waals surface area contributed by atoms with Crippen LogP contribution >= 0.6 is 11.6 Å². The van der Waals surface area contributed by atoms with Crippen molar-refractivity contribution in [2.75, 3.05) is 46.4 Å². The minimum Gasteiger partial charge on any atom is -0.497 e. The Balaban J connectivity index is 1.17. The normalized spacial score (nSPS) is 33.1. The number of aliphatic hydroxyl groups excluding tert-OH is 1. The number of piperidine rings is 2. The van der Waals surface area contributed by atoms with Crippen molar-refractivity contribution in [1.82, 2.24) is 14.7 Å². The van der Waals surface area contributed by atoms with Crippen LogP contribution in [0.4, 0.5) is 17.6 Å². The molecule has 1 aromatic rings. The summed E-state index contributed by atoms with van der Waals surface area (Å²) in [6.07, 6.45) is 4.29. The lowest BCUT2D eigenvalue weighted by molar-refractivity contribution is -0.146. The second-order valence-corrected chi connectivity index (χ2v) is 14.7. The summed E-state index contributed by atoms with van der Waals surface area (Å²) in [5.74, 6) is -1.02. The van der Waals surface area contributed by atoms with E-state index >= 15 is 4.39 Å². The Morgan fingerprint density at radius 1 is 0.938 bits per heavy atom. The van der Waals surface area contributed by atoms with Crippen molar-refractivity contribution >= 4 is 22.8 Å². The van der Waals surface area contributed by atoms with Crippen LogP contribution in [0.25, 0.3) is 0 Å². The fourth-order valence-electron chi connectivity index (χ4n) is 8.80. The molecule has 12 heteroatoms. The molecule has 4 fully saturated rings. The molecule has 0 spiro atoms. The molecule has 2 aliphatic carbocycles. The molecule has 3 saturated heterocycles. The molecule has 1 amide bonds. The van der Waals surface area contributed by atoms with E-state index in [4.69, 9.17) is 16.3 Å². The highest BCUT2D eigenvalue weighted by molar-refractivity contribution is 6.64. The number of rotatable bonds is 7. The Hall–Kier alpha value is -2.47. The molecule has 0 bridgehead atoms. The number of carbonyl (C=O) groups excluding carboxylic acids is 2. The first kappa shape index (κ1) is 35.4. The molecule has 7 nitrogen and oxygen atoms in total. The third kappa shape index (κ3) is 7.35. The quantitative estimate of drug-likeness (QED) is 0.285. The minimum absolute atomic E-state index is 0.00963. The van der Waals surface area contributed by atoms with Crippen molar-refractivity contribution in [2.45, 2.75) is 87.3 Å². The summed E-state index contributed by atoms with van der Waals surface area (Å²) >= 11 is 5.72. The first-order valence-electron chi connectivity index (χ1n) is 17.3. The van der Waals surface area contributed by atoms with E-state index in [1.807, 2.05) is 17.0 Å². The Labute approximate surface area is 284 Å². The number of carbonyl (C=O) groups is 2. The molecule has 5 aliphatic rings. The molecule has 3 aliphatic heterocycles. The van der Waals surface area contributed by atoms with Crippen LogP contribution in [-0.4, -0.2) is 107 Å². The zero-order chi connectivity index (χ0) is 34.2. The van der Waals surface area contributed by atoms with Gasteiger partial charge in [-0.3, -0.25) is 19.4 Å². The van der Waals surface area contributed by atoms with E-state index in [1.54, 1.807) is 30.2 Å². The largest absolute Gasteiger partial charge is 0.497 e. The van der Waals surface area contributed by atoms with Gasteiger partial charge in [0.1, 0.15) is 5.75 Å². The number of halogens is 5. The van der Waals surface area contributed by atoms with Gasteiger partial charge in [0.25, 0.3) is 5.91 Å². The van der Waals surface area contributed by atoms with Gasteiger partial charge in [0.05, 0.1) is 18.8 Å². The monoisotopic (exact) mass is 695 g/mol. The molecule has 2 unspecified atom stereocenters. The highest BCUT2D eigenvalue weighted by Crippen LogP contribution is 2.45. The molecule has 0 radical (unpaired) electrons. The van der Waals surface area contributed by atoms with Crippen molar-refractivity contribution in [3.8, 4) is 5.75 Å². The molecule has 48 heavy (non-hydrogen) atoms. The van der Waals surface area contributed by atoms with Crippen molar-refractivity contribution < 1.29 is 37.0 Å². The van der Waals surface area contributed by atoms with Gasteiger partial charge in [-0.1, -0.05) is 30.4 Å². The molecule has 1 saturated carbocycles. The van der Waals surface area contributed by atoms with E-state index in [0.717, 1.165) is 18.4 Å². The number of likely N-dealkylation sites (tertiary alicyclic amines) is 3. The Morgan fingerprint density at radius 3 is 2.17 bits per heavy atom. The van der Waals surface area contributed by atoms with E-state index in [9.17, 15) is 27.9 Å². The fraction of sp³-hybridized carbons (Fsp3) is 0.667. The van der Waals surface area contributed by atoms with E-state index in [0.29, 0.717) is 77.0 Å². The first-order valence-corrected chi connectivity index (χ1v) is 17.7. The Morgan fingerprint density at radius 2 is 1.58 bits per heavy atom. The number of amides is 1. The first-order chi connectivity index (χ1) is 22.9. The highest BCUT2D eigenvalue weighted by atomic mass is 35.5. The lowest BCUT2D eigenvalue weighted by atomic mass is 9.75. The van der Waals surface area contributed by atoms with Crippen LogP contribution in [0.2, 0.25) is 0 Å². The predicted octanol–water partition coefficient (Wildman–Crippen LogP) is 5.87. The maximum atomic E-state index is 17.4. The van der Waals surface area contributed by atoms with Gasteiger partial charge in [0.15, 0.2) is 0 Å². The van der Waals surface area contributed by atoms with Gasteiger partial charge >= 0.3 is 6.18 Å². The molecule has 3 heterocycles. The molecule has 1 aromatic carbocycles. The Kier molecular flexibility index (Phi) is 10.6. The van der Waals surface area contributed by atoms with Crippen LogP contribution in [0.15, 0.2) is 48.1 Å². The van der Waals surface area contributed by atoms with E-state index in [1.165, 1.54) is 12.2 Å². The van der Waals surface area contributed by atoms with E-state index in [2.05, 4.69) is 4.90 Å². The molecule has 1 N–H and O–H groups in total. The molecular weight excluding hydrogens is 650 g/mol. The number of alkyl halides is 4. The smallest absolute Gasteiger partial charge is 0.416 e. The molecule has 264 valence electrons. The number of ether oxygens (including phenoxy) is 1. The summed E-state index contributed by atoms with van der Waals surface area (Å²) in [6.45, 7) is 2.00. The molecular formula is C36H46ClF4N3O4. The van der Waals surface area contributed by atoms with Gasteiger partial charge in [-0.25, -0.2) is 4.39 Å². The number of allylic oxidation sites excluding steroid dienone is 2. The van der Waals surface area contributed by atoms with Crippen molar-refractivity contribution in [2.24, 2.45) is 17.8 Å². The van der Waals surface area contributed by atoms with Crippen LogP contribution in [0.1, 0.15) is 62.8 Å². The van der Waals surface area contributed by atoms with Gasteiger partial charge in [0, 0.05) is 50.1 Å². The van der Waals surface area contributed by atoms with Crippen LogP contribution in [0, 0.1) is 17.8 Å². The summed E-state index contributed by atoms with van der Waals surface area (Å²) < 4.78 is 64.1. The number of aliphatic hydroxyl groups is 1.